The molecule has 120 valence electrons. The van der Waals surface area contributed by atoms with Crippen molar-refractivity contribution < 1.29 is 17.5 Å². The molecule has 1 unspecified atom stereocenters. The molecule has 0 aromatic heterocycles. The van der Waals surface area contributed by atoms with E-state index in [1.165, 1.54) is 23.5 Å². The van der Waals surface area contributed by atoms with E-state index < -0.39 is 15.8 Å². The van der Waals surface area contributed by atoms with Crippen LogP contribution in [0.5, 0.6) is 5.75 Å². The Bertz CT molecular complexity index is 583. The lowest BCUT2D eigenvalue weighted by Crippen LogP contribution is -2.47. The van der Waals surface area contributed by atoms with Crippen molar-refractivity contribution in [2.75, 3.05) is 20.2 Å². The summed E-state index contributed by atoms with van der Waals surface area (Å²) < 4.78 is 45.0. The number of halogens is 2. The van der Waals surface area contributed by atoms with Gasteiger partial charge in [0.1, 0.15) is 0 Å². The van der Waals surface area contributed by atoms with Gasteiger partial charge < -0.3 is 10.5 Å². The highest BCUT2D eigenvalue weighted by atomic mass is 35.5. The average Bonchev–Trinajstić information content (AvgIpc) is 2.47. The molecule has 1 aromatic rings. The van der Waals surface area contributed by atoms with Gasteiger partial charge in [0, 0.05) is 19.1 Å². The van der Waals surface area contributed by atoms with E-state index in [0.29, 0.717) is 6.54 Å². The zero-order chi connectivity index (χ0) is 14.8. The van der Waals surface area contributed by atoms with Crippen LogP contribution in [0.2, 0.25) is 0 Å². The molecule has 21 heavy (non-hydrogen) atoms. The lowest BCUT2D eigenvalue weighted by atomic mass is 10.1. The van der Waals surface area contributed by atoms with Gasteiger partial charge >= 0.3 is 0 Å². The summed E-state index contributed by atoms with van der Waals surface area (Å²) in [5.41, 5.74) is 5.64. The SMILES string of the molecule is COc1ccc(S(=O)(=O)N2CCCCC2CN)cc1F.Cl. The molecule has 2 N–H and O–H groups in total. The van der Waals surface area contributed by atoms with Crippen LogP contribution in [0.3, 0.4) is 0 Å². The molecule has 1 saturated heterocycles. The van der Waals surface area contributed by atoms with E-state index in [9.17, 15) is 12.8 Å². The molecule has 0 spiro atoms. The normalized spacial score (nSPS) is 19.9. The van der Waals surface area contributed by atoms with E-state index >= 15 is 0 Å². The first kappa shape index (κ1) is 18.2. The first-order valence-corrected chi connectivity index (χ1v) is 8.00. The number of sulfonamides is 1. The van der Waals surface area contributed by atoms with Crippen LogP contribution in [0.25, 0.3) is 0 Å². The highest BCUT2D eigenvalue weighted by Crippen LogP contribution is 2.27. The van der Waals surface area contributed by atoms with Crippen LogP contribution < -0.4 is 10.5 Å². The molecule has 5 nitrogen and oxygen atoms in total. The minimum atomic E-state index is -3.71. The van der Waals surface area contributed by atoms with Crippen LogP contribution >= 0.6 is 12.4 Å². The van der Waals surface area contributed by atoms with Gasteiger partial charge in [0.15, 0.2) is 11.6 Å². The maximum Gasteiger partial charge on any atom is 0.243 e. The molecule has 1 fully saturated rings. The molecule has 0 radical (unpaired) electrons. The summed E-state index contributed by atoms with van der Waals surface area (Å²) in [7, 11) is -2.38. The van der Waals surface area contributed by atoms with Gasteiger partial charge in [0.2, 0.25) is 10.0 Å². The zero-order valence-corrected chi connectivity index (χ0v) is 13.4. The van der Waals surface area contributed by atoms with Crippen molar-refractivity contribution in [1.82, 2.24) is 4.31 Å². The van der Waals surface area contributed by atoms with Gasteiger partial charge in [-0.15, -0.1) is 12.4 Å². The largest absolute Gasteiger partial charge is 0.494 e. The minimum Gasteiger partial charge on any atom is -0.494 e. The molecular formula is C13H20ClFN2O3S. The molecule has 8 heteroatoms. The number of rotatable bonds is 4. The Morgan fingerprint density at radius 3 is 2.71 bits per heavy atom. The Morgan fingerprint density at radius 1 is 1.43 bits per heavy atom. The van der Waals surface area contributed by atoms with Crippen LogP contribution in [0.4, 0.5) is 4.39 Å². The number of methoxy groups -OCH3 is 1. The third kappa shape index (κ3) is 3.66. The van der Waals surface area contributed by atoms with E-state index in [4.69, 9.17) is 10.5 Å². The number of ether oxygens (including phenoxy) is 1. The monoisotopic (exact) mass is 338 g/mol. The summed E-state index contributed by atoms with van der Waals surface area (Å²) >= 11 is 0. The van der Waals surface area contributed by atoms with Crippen molar-refractivity contribution in [1.29, 1.82) is 0 Å². The number of nitrogens with zero attached hydrogens (tertiary/aromatic N) is 1. The summed E-state index contributed by atoms with van der Waals surface area (Å²) in [4.78, 5) is -0.0591. The number of benzene rings is 1. The van der Waals surface area contributed by atoms with Crippen molar-refractivity contribution in [2.24, 2.45) is 5.73 Å². The molecule has 1 aromatic carbocycles. The number of hydrogen-bond acceptors (Lipinski definition) is 4. The van der Waals surface area contributed by atoms with Crippen molar-refractivity contribution in [3.05, 3.63) is 24.0 Å². The highest BCUT2D eigenvalue weighted by molar-refractivity contribution is 7.89. The second-order valence-corrected chi connectivity index (χ2v) is 6.69. The van der Waals surface area contributed by atoms with Crippen molar-refractivity contribution >= 4 is 22.4 Å². The highest BCUT2D eigenvalue weighted by Gasteiger charge is 2.33. The standard InChI is InChI=1S/C13H19FN2O3S.ClH/c1-19-13-6-5-11(8-12(13)14)20(17,18)16-7-3-2-4-10(16)9-15;/h5-6,8,10H,2-4,7,9,15H2,1H3;1H. The summed E-state index contributed by atoms with van der Waals surface area (Å²) in [5, 5.41) is 0. The second-order valence-electron chi connectivity index (χ2n) is 4.80. The molecule has 1 aliphatic rings. The number of nitrogens with two attached hydrogens (primary N) is 1. The number of piperidine rings is 1. The van der Waals surface area contributed by atoms with E-state index in [1.54, 1.807) is 0 Å². The Morgan fingerprint density at radius 2 is 2.14 bits per heavy atom. The maximum absolute atomic E-state index is 13.7. The Labute approximate surface area is 130 Å². The summed E-state index contributed by atoms with van der Waals surface area (Å²) in [6.07, 6.45) is 2.51. The van der Waals surface area contributed by atoms with Crippen LogP contribution in [-0.4, -0.2) is 39.0 Å². The van der Waals surface area contributed by atoms with E-state index in [0.717, 1.165) is 25.3 Å². The summed E-state index contributed by atoms with van der Waals surface area (Å²) in [5.74, 6) is -0.659. The summed E-state index contributed by atoms with van der Waals surface area (Å²) in [6.45, 7) is 0.704. The summed E-state index contributed by atoms with van der Waals surface area (Å²) in [6, 6.07) is 3.47. The first-order chi connectivity index (χ1) is 9.50. The van der Waals surface area contributed by atoms with Gasteiger partial charge in [-0.05, 0) is 31.0 Å². The van der Waals surface area contributed by atoms with E-state index in [2.05, 4.69) is 0 Å². The molecule has 0 bridgehead atoms. The second kappa shape index (κ2) is 7.40. The lowest BCUT2D eigenvalue weighted by molar-refractivity contribution is 0.257. The predicted octanol–water partition coefficient (Wildman–Crippen LogP) is 1.76. The van der Waals surface area contributed by atoms with Crippen LogP contribution in [0.15, 0.2) is 23.1 Å². The van der Waals surface area contributed by atoms with Gasteiger partial charge in [-0.25, -0.2) is 12.8 Å². The van der Waals surface area contributed by atoms with Gasteiger partial charge in [-0.1, -0.05) is 6.42 Å². The zero-order valence-electron chi connectivity index (χ0n) is 11.8. The predicted molar refractivity (Wildman–Crippen MR) is 80.8 cm³/mol. The Kier molecular flexibility index (Phi) is 6.40. The smallest absolute Gasteiger partial charge is 0.243 e. The fourth-order valence-electron chi connectivity index (χ4n) is 2.47. The molecule has 1 heterocycles. The van der Waals surface area contributed by atoms with Gasteiger partial charge in [-0.3, -0.25) is 0 Å². The van der Waals surface area contributed by atoms with Gasteiger partial charge in [0.05, 0.1) is 12.0 Å². The minimum absolute atomic E-state index is 0. The maximum atomic E-state index is 13.7. The van der Waals surface area contributed by atoms with Crippen LogP contribution in [0.1, 0.15) is 19.3 Å². The molecule has 1 atom stereocenters. The first-order valence-electron chi connectivity index (χ1n) is 6.56. The topological polar surface area (TPSA) is 72.6 Å². The molecule has 1 aliphatic heterocycles. The van der Waals surface area contributed by atoms with Gasteiger partial charge in [0.25, 0.3) is 0 Å². The van der Waals surface area contributed by atoms with E-state index in [-0.39, 0.29) is 35.6 Å². The Hall–Kier alpha value is -0.890. The molecule has 2 rings (SSSR count). The van der Waals surface area contributed by atoms with E-state index in [1.807, 2.05) is 0 Å². The molecule has 0 amide bonds. The fraction of sp³-hybridized carbons (Fsp3) is 0.538. The Balaban J connectivity index is 0.00000220. The third-order valence-corrected chi connectivity index (χ3v) is 5.52. The van der Waals surface area contributed by atoms with Crippen LogP contribution in [0, 0.1) is 5.82 Å². The van der Waals surface area contributed by atoms with Gasteiger partial charge in [-0.2, -0.15) is 4.31 Å². The average molecular weight is 339 g/mol. The molecular weight excluding hydrogens is 319 g/mol. The molecule has 0 aliphatic carbocycles. The number of hydrogen-bond donors (Lipinski definition) is 1. The fourth-order valence-corrected chi connectivity index (χ4v) is 4.19. The van der Waals surface area contributed by atoms with Crippen molar-refractivity contribution in [3.8, 4) is 5.75 Å². The quantitative estimate of drug-likeness (QED) is 0.908. The third-order valence-electron chi connectivity index (χ3n) is 3.58. The van der Waals surface area contributed by atoms with Crippen LogP contribution in [-0.2, 0) is 10.0 Å². The van der Waals surface area contributed by atoms with Crippen molar-refractivity contribution in [2.45, 2.75) is 30.2 Å². The lowest BCUT2D eigenvalue weighted by Gasteiger charge is -2.33. The van der Waals surface area contributed by atoms with Crippen molar-refractivity contribution in [3.63, 3.8) is 0 Å². The molecule has 0 saturated carbocycles.